The predicted octanol–water partition coefficient (Wildman–Crippen LogP) is 2.76. The molecule has 0 unspecified atom stereocenters. The van der Waals surface area contributed by atoms with E-state index in [1.165, 1.54) is 18.3 Å². The van der Waals surface area contributed by atoms with Gasteiger partial charge < -0.3 is 24.8 Å². The summed E-state index contributed by atoms with van der Waals surface area (Å²) in [6, 6.07) is 6.45. The molecule has 8 nitrogen and oxygen atoms in total. The molecule has 2 aromatic rings. The number of nitrogens with zero attached hydrogens (tertiary/aromatic N) is 2. The fraction of sp³-hybridized carbons (Fsp3) is 0.316. The van der Waals surface area contributed by atoms with Gasteiger partial charge in [0, 0.05) is 18.0 Å². The number of rotatable bonds is 9. The average molecular weight is 373 g/mol. The Bertz CT molecular complexity index is 766. The monoisotopic (exact) mass is 373 g/mol. The number of hydrogen-bond donors (Lipinski definition) is 1. The Balaban J connectivity index is 2.29. The maximum absolute atomic E-state index is 12.4. The summed E-state index contributed by atoms with van der Waals surface area (Å²) in [7, 11) is 0. The molecule has 0 saturated heterocycles. The number of pyridine rings is 1. The molecule has 0 aliphatic rings. The van der Waals surface area contributed by atoms with E-state index >= 15 is 0 Å². The van der Waals surface area contributed by atoms with Gasteiger partial charge in [0.2, 0.25) is 5.75 Å². The van der Waals surface area contributed by atoms with Crippen LogP contribution in [0, 0.1) is 0 Å². The molecule has 0 radical (unpaired) electrons. The number of nitrogens with two attached hydrogens (primary N) is 1. The van der Waals surface area contributed by atoms with E-state index in [9.17, 15) is 4.79 Å². The van der Waals surface area contributed by atoms with Gasteiger partial charge in [0.15, 0.2) is 17.3 Å². The van der Waals surface area contributed by atoms with Crippen molar-refractivity contribution < 1.29 is 23.8 Å². The Morgan fingerprint density at radius 2 is 1.67 bits per heavy atom. The van der Waals surface area contributed by atoms with Crippen molar-refractivity contribution in [2.75, 3.05) is 19.8 Å². The Hall–Kier alpha value is -3.29. The SMILES string of the molecule is CCOc1cc(C(=O)ON=C(N)c2cccnc2)cc(OCC)c1OCC. The molecule has 27 heavy (non-hydrogen) atoms. The van der Waals surface area contributed by atoms with E-state index < -0.39 is 5.97 Å². The van der Waals surface area contributed by atoms with Crippen molar-refractivity contribution in [2.24, 2.45) is 10.9 Å². The lowest BCUT2D eigenvalue weighted by Crippen LogP contribution is -2.15. The fourth-order valence-electron chi connectivity index (χ4n) is 2.22. The Morgan fingerprint density at radius 3 is 2.19 bits per heavy atom. The minimum Gasteiger partial charge on any atom is -0.490 e. The number of ether oxygens (including phenoxy) is 3. The molecule has 2 rings (SSSR count). The number of amidine groups is 1. The van der Waals surface area contributed by atoms with Gasteiger partial charge in [-0.25, -0.2) is 4.79 Å². The normalized spacial score (nSPS) is 11.0. The maximum Gasteiger partial charge on any atom is 0.366 e. The highest BCUT2D eigenvalue weighted by molar-refractivity contribution is 5.98. The molecule has 144 valence electrons. The van der Waals surface area contributed by atoms with Gasteiger partial charge >= 0.3 is 5.97 Å². The van der Waals surface area contributed by atoms with Gasteiger partial charge in [0.1, 0.15) is 0 Å². The van der Waals surface area contributed by atoms with Crippen LogP contribution in [0.15, 0.2) is 41.8 Å². The van der Waals surface area contributed by atoms with Crippen LogP contribution < -0.4 is 19.9 Å². The van der Waals surface area contributed by atoms with Crippen LogP contribution in [-0.2, 0) is 4.84 Å². The van der Waals surface area contributed by atoms with E-state index in [0.29, 0.717) is 42.6 Å². The standard InChI is InChI=1S/C19H23N3O5/c1-4-24-15-10-14(11-16(25-5-2)17(15)26-6-3)19(23)27-22-18(20)13-8-7-9-21-12-13/h7-12H,4-6H2,1-3H3,(H2,20,22). The van der Waals surface area contributed by atoms with Crippen LogP contribution >= 0.6 is 0 Å². The molecule has 0 atom stereocenters. The zero-order chi connectivity index (χ0) is 19.6. The van der Waals surface area contributed by atoms with Gasteiger partial charge in [0.25, 0.3) is 0 Å². The van der Waals surface area contributed by atoms with E-state index in [2.05, 4.69) is 10.1 Å². The smallest absolute Gasteiger partial charge is 0.366 e. The molecule has 2 N–H and O–H groups in total. The van der Waals surface area contributed by atoms with Crippen molar-refractivity contribution in [1.82, 2.24) is 4.98 Å². The topological polar surface area (TPSA) is 105 Å². The van der Waals surface area contributed by atoms with Crippen molar-refractivity contribution in [3.8, 4) is 17.2 Å². The average Bonchev–Trinajstić information content (AvgIpc) is 2.69. The molecular weight excluding hydrogens is 350 g/mol. The van der Waals surface area contributed by atoms with Gasteiger partial charge in [-0.2, -0.15) is 0 Å². The quantitative estimate of drug-likeness (QED) is 0.312. The Labute approximate surface area is 157 Å². The lowest BCUT2D eigenvalue weighted by atomic mass is 10.2. The van der Waals surface area contributed by atoms with Crippen LogP contribution in [0.5, 0.6) is 17.2 Å². The van der Waals surface area contributed by atoms with E-state index in [4.69, 9.17) is 24.8 Å². The van der Waals surface area contributed by atoms with E-state index in [1.54, 1.807) is 18.3 Å². The minimum absolute atomic E-state index is 0.0393. The maximum atomic E-state index is 12.4. The highest BCUT2D eigenvalue weighted by atomic mass is 16.7. The van der Waals surface area contributed by atoms with Crippen LogP contribution in [0.3, 0.4) is 0 Å². The number of aromatic nitrogens is 1. The van der Waals surface area contributed by atoms with Crippen LogP contribution in [0.2, 0.25) is 0 Å². The number of oxime groups is 1. The largest absolute Gasteiger partial charge is 0.490 e. The first-order chi connectivity index (χ1) is 13.1. The molecule has 0 aliphatic heterocycles. The van der Waals surface area contributed by atoms with Gasteiger partial charge in [0.05, 0.1) is 25.4 Å². The third-order valence-corrected chi connectivity index (χ3v) is 3.33. The number of carbonyl (C=O) groups excluding carboxylic acids is 1. The first-order valence-corrected chi connectivity index (χ1v) is 8.62. The van der Waals surface area contributed by atoms with E-state index in [0.717, 1.165) is 0 Å². The fourth-order valence-corrected chi connectivity index (χ4v) is 2.22. The molecule has 1 aromatic carbocycles. The first kappa shape index (κ1) is 20.0. The summed E-state index contributed by atoms with van der Waals surface area (Å²) < 4.78 is 16.8. The van der Waals surface area contributed by atoms with E-state index in [1.807, 2.05) is 20.8 Å². The molecule has 0 fully saturated rings. The highest BCUT2D eigenvalue weighted by Crippen LogP contribution is 2.39. The lowest BCUT2D eigenvalue weighted by Gasteiger charge is -2.16. The number of carbonyl (C=O) groups is 1. The Morgan fingerprint density at radius 1 is 1.04 bits per heavy atom. The lowest BCUT2D eigenvalue weighted by molar-refractivity contribution is 0.0515. The van der Waals surface area contributed by atoms with Crippen LogP contribution in [0.4, 0.5) is 0 Å². The molecule has 0 saturated carbocycles. The van der Waals surface area contributed by atoms with E-state index in [-0.39, 0.29) is 11.4 Å². The minimum atomic E-state index is -0.702. The van der Waals surface area contributed by atoms with Gasteiger partial charge in [-0.3, -0.25) is 4.98 Å². The molecule has 8 heteroatoms. The summed E-state index contributed by atoms with van der Waals surface area (Å²) in [4.78, 5) is 21.3. The van der Waals surface area contributed by atoms with Gasteiger partial charge in [-0.15, -0.1) is 0 Å². The van der Waals surface area contributed by atoms with Crippen molar-refractivity contribution in [3.63, 3.8) is 0 Å². The summed E-state index contributed by atoms with van der Waals surface area (Å²) in [6.45, 7) is 6.74. The molecule has 1 heterocycles. The molecule has 0 aliphatic carbocycles. The van der Waals surface area contributed by atoms with Gasteiger partial charge in [-0.05, 0) is 45.0 Å². The molecule has 0 amide bonds. The summed E-state index contributed by atoms with van der Waals surface area (Å²) in [5.41, 5.74) is 6.55. The molecular formula is C19H23N3O5. The third-order valence-electron chi connectivity index (χ3n) is 3.33. The second-order valence-electron chi connectivity index (χ2n) is 5.20. The van der Waals surface area contributed by atoms with Crippen molar-refractivity contribution in [2.45, 2.75) is 20.8 Å². The molecule has 1 aromatic heterocycles. The van der Waals surface area contributed by atoms with Crippen molar-refractivity contribution in [1.29, 1.82) is 0 Å². The summed E-state index contributed by atoms with van der Waals surface area (Å²) in [5.74, 6) is 0.559. The second-order valence-corrected chi connectivity index (χ2v) is 5.20. The number of benzene rings is 1. The highest BCUT2D eigenvalue weighted by Gasteiger charge is 2.19. The third kappa shape index (κ3) is 5.34. The van der Waals surface area contributed by atoms with Crippen LogP contribution in [0.1, 0.15) is 36.7 Å². The predicted molar refractivity (Wildman–Crippen MR) is 100 cm³/mol. The second kappa shape index (κ2) is 10.0. The zero-order valence-electron chi connectivity index (χ0n) is 15.6. The van der Waals surface area contributed by atoms with Gasteiger partial charge in [-0.1, -0.05) is 5.16 Å². The van der Waals surface area contributed by atoms with Crippen LogP contribution in [-0.4, -0.2) is 36.6 Å². The molecule has 0 spiro atoms. The Kier molecular flexibility index (Phi) is 7.42. The molecule has 0 bridgehead atoms. The summed E-state index contributed by atoms with van der Waals surface area (Å²) in [5, 5.41) is 3.67. The number of hydrogen-bond acceptors (Lipinski definition) is 7. The van der Waals surface area contributed by atoms with Crippen LogP contribution in [0.25, 0.3) is 0 Å². The summed E-state index contributed by atoms with van der Waals surface area (Å²) in [6.07, 6.45) is 3.12. The zero-order valence-corrected chi connectivity index (χ0v) is 15.6. The van der Waals surface area contributed by atoms with Crippen molar-refractivity contribution >= 4 is 11.8 Å². The van der Waals surface area contributed by atoms with Crippen molar-refractivity contribution in [3.05, 3.63) is 47.8 Å². The summed E-state index contributed by atoms with van der Waals surface area (Å²) >= 11 is 0. The first-order valence-electron chi connectivity index (χ1n) is 8.62.